The maximum Gasteiger partial charge on any atom is 0.311 e. The van der Waals surface area contributed by atoms with Crippen LogP contribution in [0.4, 0.5) is 0 Å². The molecule has 0 aromatic carbocycles. The van der Waals surface area contributed by atoms with Crippen LogP contribution >= 0.6 is 0 Å². The zero-order valence-corrected chi connectivity index (χ0v) is 12.5. The summed E-state index contributed by atoms with van der Waals surface area (Å²) in [6.07, 6.45) is 0.667. The SMILES string of the molecule is CC(C)(C)CS(=O)(=O)NCC1(C(=O)O)CCOCC1. The number of hydrogen-bond donors (Lipinski definition) is 2. The monoisotopic (exact) mass is 293 g/mol. The van der Waals surface area contributed by atoms with Crippen LogP contribution in [0.5, 0.6) is 0 Å². The van der Waals surface area contributed by atoms with Gasteiger partial charge in [0.25, 0.3) is 0 Å². The highest BCUT2D eigenvalue weighted by atomic mass is 32.2. The number of carboxylic acid groups (broad SMARTS) is 1. The van der Waals surface area contributed by atoms with Crippen molar-refractivity contribution in [2.45, 2.75) is 33.6 Å². The van der Waals surface area contributed by atoms with Crippen molar-refractivity contribution >= 4 is 16.0 Å². The highest BCUT2D eigenvalue weighted by molar-refractivity contribution is 7.89. The van der Waals surface area contributed by atoms with Crippen molar-refractivity contribution in [2.75, 3.05) is 25.5 Å². The molecule has 0 aromatic rings. The summed E-state index contributed by atoms with van der Waals surface area (Å²) < 4.78 is 31.4. The standard InChI is InChI=1S/C12H23NO5S/c1-11(2,3)9-19(16,17)13-8-12(10(14)15)4-6-18-7-5-12/h13H,4-9H2,1-3H3,(H,14,15). The van der Waals surface area contributed by atoms with E-state index in [0.717, 1.165) is 0 Å². The normalized spacial score (nSPS) is 20.2. The summed E-state index contributed by atoms with van der Waals surface area (Å²) >= 11 is 0. The van der Waals surface area contributed by atoms with Crippen LogP contribution in [0, 0.1) is 10.8 Å². The number of sulfonamides is 1. The predicted octanol–water partition coefficient (Wildman–Crippen LogP) is 0.833. The van der Waals surface area contributed by atoms with Gasteiger partial charge in [0.05, 0.1) is 11.2 Å². The largest absolute Gasteiger partial charge is 0.481 e. The molecule has 1 fully saturated rings. The van der Waals surface area contributed by atoms with E-state index in [2.05, 4.69) is 4.72 Å². The van der Waals surface area contributed by atoms with E-state index in [9.17, 15) is 18.3 Å². The molecule has 0 spiro atoms. The molecule has 112 valence electrons. The zero-order valence-electron chi connectivity index (χ0n) is 11.7. The summed E-state index contributed by atoms with van der Waals surface area (Å²) in [5.41, 5.74) is -1.40. The fourth-order valence-corrected chi connectivity index (χ4v) is 3.84. The van der Waals surface area contributed by atoms with Crippen LogP contribution in [0.25, 0.3) is 0 Å². The Balaban J connectivity index is 2.69. The second-order valence-electron chi connectivity index (χ2n) is 6.34. The number of aliphatic carboxylic acids is 1. The number of nitrogens with one attached hydrogen (secondary N) is 1. The van der Waals surface area contributed by atoms with Gasteiger partial charge in [-0.2, -0.15) is 0 Å². The Kier molecular flexibility index (Phi) is 4.97. The molecular weight excluding hydrogens is 270 g/mol. The molecular formula is C12H23NO5S. The second kappa shape index (κ2) is 5.76. The first-order valence-corrected chi connectivity index (χ1v) is 8.00. The molecule has 0 amide bonds. The molecule has 0 radical (unpaired) electrons. The minimum absolute atomic E-state index is 0.0216. The van der Waals surface area contributed by atoms with E-state index in [4.69, 9.17) is 4.74 Å². The molecule has 0 bridgehead atoms. The third kappa shape index (κ3) is 5.08. The van der Waals surface area contributed by atoms with Gasteiger partial charge in [0.2, 0.25) is 10.0 Å². The Labute approximate surface area is 114 Å². The first-order chi connectivity index (χ1) is 8.56. The summed E-state index contributed by atoms with van der Waals surface area (Å²) in [6, 6.07) is 0. The van der Waals surface area contributed by atoms with E-state index in [1.807, 2.05) is 20.8 Å². The first kappa shape index (κ1) is 16.4. The quantitative estimate of drug-likeness (QED) is 0.783. The number of carbonyl (C=O) groups is 1. The van der Waals surface area contributed by atoms with E-state index < -0.39 is 21.4 Å². The van der Waals surface area contributed by atoms with Gasteiger partial charge in [0.1, 0.15) is 0 Å². The Morgan fingerprint density at radius 3 is 2.26 bits per heavy atom. The maximum atomic E-state index is 11.9. The molecule has 0 aromatic heterocycles. The average molecular weight is 293 g/mol. The highest BCUT2D eigenvalue weighted by Gasteiger charge is 2.41. The van der Waals surface area contributed by atoms with Gasteiger partial charge in [-0.15, -0.1) is 0 Å². The van der Waals surface area contributed by atoms with Crippen LogP contribution in [-0.2, 0) is 19.6 Å². The van der Waals surface area contributed by atoms with Gasteiger partial charge in [0.15, 0.2) is 0 Å². The van der Waals surface area contributed by atoms with Crippen molar-refractivity contribution in [1.82, 2.24) is 4.72 Å². The Morgan fingerprint density at radius 2 is 1.84 bits per heavy atom. The molecule has 0 atom stereocenters. The van der Waals surface area contributed by atoms with Crippen LogP contribution in [0.1, 0.15) is 33.6 Å². The van der Waals surface area contributed by atoms with Gasteiger partial charge < -0.3 is 9.84 Å². The van der Waals surface area contributed by atoms with Crippen LogP contribution in [0.3, 0.4) is 0 Å². The van der Waals surface area contributed by atoms with Crippen LogP contribution in [0.2, 0.25) is 0 Å². The molecule has 19 heavy (non-hydrogen) atoms. The van der Waals surface area contributed by atoms with E-state index in [1.54, 1.807) is 0 Å². The lowest BCUT2D eigenvalue weighted by Gasteiger charge is -2.33. The Hall–Kier alpha value is -0.660. The summed E-state index contributed by atoms with van der Waals surface area (Å²) in [6.45, 7) is 6.12. The molecule has 6 nitrogen and oxygen atoms in total. The molecule has 1 aliphatic heterocycles. The third-order valence-electron chi connectivity index (χ3n) is 3.16. The molecule has 7 heteroatoms. The molecule has 0 aliphatic carbocycles. The summed E-state index contributed by atoms with van der Waals surface area (Å²) in [5, 5.41) is 9.33. The number of ether oxygens (including phenoxy) is 1. The molecule has 0 saturated carbocycles. The fourth-order valence-electron chi connectivity index (χ4n) is 2.10. The summed E-state index contributed by atoms with van der Waals surface area (Å²) in [4.78, 5) is 11.4. The maximum absolute atomic E-state index is 11.9. The fraction of sp³-hybridized carbons (Fsp3) is 0.917. The minimum Gasteiger partial charge on any atom is -0.481 e. The van der Waals surface area contributed by atoms with Gasteiger partial charge in [-0.3, -0.25) is 4.79 Å². The van der Waals surface area contributed by atoms with Gasteiger partial charge in [-0.25, -0.2) is 13.1 Å². The van der Waals surface area contributed by atoms with E-state index in [-0.39, 0.29) is 17.7 Å². The Bertz CT molecular complexity index is 418. The molecule has 1 aliphatic rings. The molecule has 1 rings (SSSR count). The smallest absolute Gasteiger partial charge is 0.311 e. The van der Waals surface area contributed by atoms with Gasteiger partial charge in [-0.05, 0) is 18.3 Å². The van der Waals surface area contributed by atoms with Crippen LogP contribution < -0.4 is 4.72 Å². The predicted molar refractivity (Wildman–Crippen MR) is 71.4 cm³/mol. The molecule has 2 N–H and O–H groups in total. The first-order valence-electron chi connectivity index (χ1n) is 6.35. The lowest BCUT2D eigenvalue weighted by Crippen LogP contribution is -2.47. The third-order valence-corrected chi connectivity index (χ3v) is 4.99. The number of hydrogen-bond acceptors (Lipinski definition) is 4. The number of carboxylic acids is 1. The zero-order chi connectivity index (χ0) is 14.7. The van der Waals surface area contributed by atoms with Crippen molar-refractivity contribution in [3.8, 4) is 0 Å². The van der Waals surface area contributed by atoms with Crippen molar-refractivity contribution in [2.24, 2.45) is 10.8 Å². The van der Waals surface area contributed by atoms with Crippen molar-refractivity contribution in [3.05, 3.63) is 0 Å². The van der Waals surface area contributed by atoms with Gasteiger partial charge >= 0.3 is 5.97 Å². The minimum atomic E-state index is -3.46. The average Bonchev–Trinajstić information content (AvgIpc) is 2.24. The van der Waals surface area contributed by atoms with Crippen molar-refractivity contribution in [3.63, 3.8) is 0 Å². The molecule has 0 unspecified atom stereocenters. The van der Waals surface area contributed by atoms with Crippen LogP contribution in [-0.4, -0.2) is 45.0 Å². The van der Waals surface area contributed by atoms with E-state index in [0.29, 0.717) is 26.1 Å². The molecule has 1 saturated heterocycles. The Morgan fingerprint density at radius 1 is 1.32 bits per heavy atom. The van der Waals surface area contributed by atoms with Gasteiger partial charge in [0, 0.05) is 19.8 Å². The van der Waals surface area contributed by atoms with Crippen molar-refractivity contribution < 1.29 is 23.1 Å². The van der Waals surface area contributed by atoms with Crippen LogP contribution in [0.15, 0.2) is 0 Å². The number of rotatable bonds is 5. The second-order valence-corrected chi connectivity index (χ2v) is 8.15. The topological polar surface area (TPSA) is 92.7 Å². The summed E-state index contributed by atoms with van der Waals surface area (Å²) in [7, 11) is -3.46. The lowest BCUT2D eigenvalue weighted by molar-refractivity contribution is -0.154. The lowest BCUT2D eigenvalue weighted by atomic mass is 9.80. The van der Waals surface area contributed by atoms with Gasteiger partial charge in [-0.1, -0.05) is 20.8 Å². The van der Waals surface area contributed by atoms with Crippen molar-refractivity contribution in [1.29, 1.82) is 0 Å². The molecule has 1 heterocycles. The summed E-state index contributed by atoms with van der Waals surface area (Å²) in [5.74, 6) is -0.985. The van der Waals surface area contributed by atoms with E-state index in [1.165, 1.54) is 0 Å². The highest BCUT2D eigenvalue weighted by Crippen LogP contribution is 2.30. The van der Waals surface area contributed by atoms with E-state index >= 15 is 0 Å².